The van der Waals surface area contributed by atoms with Gasteiger partial charge >= 0.3 is 5.97 Å². The van der Waals surface area contributed by atoms with Gasteiger partial charge < -0.3 is 31.1 Å². The summed E-state index contributed by atoms with van der Waals surface area (Å²) in [5.74, 6) is -5.59. The smallest absolute Gasteiger partial charge is 0.326 e. The number of nitrogens with two attached hydrogens (primary N) is 1. The molecule has 1 saturated heterocycles. The van der Waals surface area contributed by atoms with Crippen molar-refractivity contribution in [3.8, 4) is 5.75 Å². The number of hydrogen-bond acceptors (Lipinski definition) is 7. The van der Waals surface area contributed by atoms with Crippen LogP contribution >= 0.6 is 11.8 Å². The van der Waals surface area contributed by atoms with Gasteiger partial charge in [-0.05, 0) is 47.6 Å². The zero-order chi connectivity index (χ0) is 33.4. The molecule has 1 aliphatic heterocycles. The van der Waals surface area contributed by atoms with E-state index in [-0.39, 0.29) is 42.7 Å². The molecule has 3 rings (SSSR count). The maximum atomic E-state index is 14.0. The fraction of sp³-hybridized carbons (Fsp3) is 0.484. The van der Waals surface area contributed by atoms with Crippen LogP contribution in [0.4, 0.5) is 13.2 Å². The van der Waals surface area contributed by atoms with E-state index in [1.165, 1.54) is 16.7 Å². The van der Waals surface area contributed by atoms with Crippen LogP contribution in [0, 0.1) is 29.3 Å². The molecule has 1 fully saturated rings. The number of aliphatic carboxylic acids is 1. The number of ether oxygens (including phenoxy) is 1. The Morgan fingerprint density at radius 1 is 1.02 bits per heavy atom. The van der Waals surface area contributed by atoms with Gasteiger partial charge in [0.25, 0.3) is 11.8 Å². The number of nitrogens with one attached hydrogen (secondary N) is 2. The van der Waals surface area contributed by atoms with Crippen LogP contribution in [0.2, 0.25) is 0 Å². The van der Waals surface area contributed by atoms with Crippen LogP contribution in [0.5, 0.6) is 5.75 Å². The second-order valence-corrected chi connectivity index (χ2v) is 12.7. The topological polar surface area (TPSA) is 151 Å². The number of carboxylic acid groups (broad SMARTS) is 1. The van der Waals surface area contributed by atoms with E-state index in [2.05, 4.69) is 10.6 Å². The van der Waals surface area contributed by atoms with Gasteiger partial charge in [0, 0.05) is 37.4 Å². The summed E-state index contributed by atoms with van der Waals surface area (Å²) in [5, 5.41) is 13.9. The fourth-order valence-corrected chi connectivity index (χ4v) is 5.87. The number of halogens is 3. The van der Waals surface area contributed by atoms with E-state index in [9.17, 15) is 37.5 Å². The molecule has 0 radical (unpaired) electrons. The summed E-state index contributed by atoms with van der Waals surface area (Å²) in [6.45, 7) is 7.43. The largest absolute Gasteiger partial charge is 0.480 e. The molecule has 0 saturated carbocycles. The molecule has 2 unspecified atom stereocenters. The van der Waals surface area contributed by atoms with Crippen molar-refractivity contribution in [3.05, 3.63) is 65.0 Å². The molecular formula is C31H39F3N4O6S. The lowest BCUT2D eigenvalue weighted by Gasteiger charge is -2.25. The molecular weight excluding hydrogens is 613 g/mol. The second kappa shape index (κ2) is 16.0. The minimum atomic E-state index is -1.31. The Labute approximate surface area is 264 Å². The van der Waals surface area contributed by atoms with E-state index in [1.54, 1.807) is 52.0 Å². The van der Waals surface area contributed by atoms with E-state index in [0.717, 1.165) is 11.6 Å². The van der Waals surface area contributed by atoms with Gasteiger partial charge in [0.1, 0.15) is 17.6 Å². The number of nitrogens with zero attached hydrogens (tertiary/aromatic N) is 1. The molecule has 246 valence electrons. The van der Waals surface area contributed by atoms with Crippen molar-refractivity contribution in [1.82, 2.24) is 15.5 Å². The van der Waals surface area contributed by atoms with E-state index in [1.807, 2.05) is 0 Å². The summed E-state index contributed by atoms with van der Waals surface area (Å²) in [6, 6.07) is 5.93. The third-order valence-corrected chi connectivity index (χ3v) is 8.39. The first kappa shape index (κ1) is 35.7. The summed E-state index contributed by atoms with van der Waals surface area (Å²) >= 11 is 1.29. The molecule has 45 heavy (non-hydrogen) atoms. The molecule has 5 N–H and O–H groups in total. The first-order valence-electron chi connectivity index (χ1n) is 14.5. The van der Waals surface area contributed by atoms with Crippen LogP contribution in [0.25, 0.3) is 0 Å². The number of carboxylic acids is 1. The van der Waals surface area contributed by atoms with Crippen LogP contribution in [-0.4, -0.2) is 69.6 Å². The normalized spacial score (nSPS) is 16.8. The highest BCUT2D eigenvalue weighted by Crippen LogP contribution is 2.26. The molecule has 3 amide bonds. The quantitative estimate of drug-likeness (QED) is 0.227. The third-order valence-electron chi connectivity index (χ3n) is 7.19. The Morgan fingerprint density at radius 2 is 1.67 bits per heavy atom. The number of rotatable bonds is 14. The number of amides is 3. The van der Waals surface area contributed by atoms with Crippen LogP contribution < -0.4 is 21.1 Å². The third kappa shape index (κ3) is 9.85. The molecule has 0 bridgehead atoms. The average molecular weight is 653 g/mol. The van der Waals surface area contributed by atoms with Gasteiger partial charge in [-0.3, -0.25) is 14.4 Å². The molecule has 1 heterocycles. The van der Waals surface area contributed by atoms with Crippen molar-refractivity contribution in [2.24, 2.45) is 17.6 Å². The lowest BCUT2D eigenvalue weighted by atomic mass is 10.0. The molecule has 14 heteroatoms. The predicted octanol–water partition coefficient (Wildman–Crippen LogP) is 3.21. The van der Waals surface area contributed by atoms with Gasteiger partial charge in [-0.25, -0.2) is 18.0 Å². The van der Waals surface area contributed by atoms with Gasteiger partial charge in [-0.2, -0.15) is 0 Å². The molecule has 4 atom stereocenters. The first-order chi connectivity index (χ1) is 21.2. The minimum absolute atomic E-state index is 0.142. The lowest BCUT2D eigenvalue weighted by Crippen LogP contribution is -2.51. The molecule has 10 nitrogen and oxygen atoms in total. The van der Waals surface area contributed by atoms with Crippen molar-refractivity contribution < 1.29 is 42.2 Å². The Kier molecular flexibility index (Phi) is 12.7. The maximum Gasteiger partial charge on any atom is 0.326 e. The van der Waals surface area contributed by atoms with Crippen LogP contribution in [0.3, 0.4) is 0 Å². The SMILES string of the molecule is CC(C)C(NC(=O)C(Oc1ccc(CNC(=O)[C@@H]2SCCN2C(=O)C[C@H](N)Cc2cc(F)c(F)cc2F)cc1)C(C)C)C(=O)O. The van der Waals surface area contributed by atoms with Crippen molar-refractivity contribution in [1.29, 1.82) is 0 Å². The second-order valence-electron chi connectivity index (χ2n) is 11.5. The van der Waals surface area contributed by atoms with Crippen molar-refractivity contribution in [2.45, 2.75) is 70.6 Å². The number of hydrogen-bond donors (Lipinski definition) is 4. The molecule has 0 aliphatic carbocycles. The highest BCUT2D eigenvalue weighted by atomic mass is 32.2. The Hall–Kier alpha value is -3.78. The first-order valence-corrected chi connectivity index (χ1v) is 15.6. The minimum Gasteiger partial charge on any atom is -0.480 e. The number of thioether (sulfide) groups is 1. The van der Waals surface area contributed by atoms with Crippen LogP contribution in [0.15, 0.2) is 36.4 Å². The fourth-order valence-electron chi connectivity index (χ4n) is 4.71. The van der Waals surface area contributed by atoms with E-state index < -0.39 is 58.8 Å². The zero-order valence-electron chi connectivity index (χ0n) is 25.5. The van der Waals surface area contributed by atoms with E-state index in [4.69, 9.17) is 10.5 Å². The number of carbonyl (C=O) groups excluding carboxylic acids is 3. The summed E-state index contributed by atoms with van der Waals surface area (Å²) in [5.41, 5.74) is 6.60. The van der Waals surface area contributed by atoms with Crippen LogP contribution in [0.1, 0.15) is 45.2 Å². The standard InChI is InChI=1S/C31H39F3N4O6S/c1-16(2)26(31(42)43)37-28(40)27(17(3)4)44-21-7-5-18(6-8-21)15-36-29(41)30-38(9-10-45-30)25(39)13-20(35)11-19-12-23(33)24(34)14-22(19)32/h5-8,12,14,16-17,20,26-27,30H,9-11,13,15,35H2,1-4H3,(H,36,41)(H,37,40)(H,42,43)/t20-,26?,27?,30+/m1/s1. The molecule has 2 aromatic rings. The van der Waals surface area contributed by atoms with Crippen LogP contribution in [-0.2, 0) is 32.1 Å². The Morgan fingerprint density at radius 3 is 2.27 bits per heavy atom. The summed E-state index contributed by atoms with van der Waals surface area (Å²) < 4.78 is 46.6. The molecule has 0 spiro atoms. The Balaban J connectivity index is 1.53. The zero-order valence-corrected chi connectivity index (χ0v) is 26.3. The number of carbonyl (C=O) groups is 4. The highest BCUT2D eigenvalue weighted by molar-refractivity contribution is 8.00. The van der Waals surface area contributed by atoms with Gasteiger partial charge in [-0.15, -0.1) is 11.8 Å². The van der Waals surface area contributed by atoms with Gasteiger partial charge in [0.05, 0.1) is 0 Å². The van der Waals surface area contributed by atoms with Gasteiger partial charge in [0.2, 0.25) is 5.91 Å². The average Bonchev–Trinajstić information content (AvgIpc) is 3.46. The van der Waals surface area contributed by atoms with Crippen molar-refractivity contribution in [3.63, 3.8) is 0 Å². The van der Waals surface area contributed by atoms with Crippen molar-refractivity contribution >= 4 is 35.5 Å². The Bertz CT molecular complexity index is 1380. The molecule has 2 aromatic carbocycles. The molecule has 0 aromatic heterocycles. The predicted molar refractivity (Wildman–Crippen MR) is 163 cm³/mol. The van der Waals surface area contributed by atoms with E-state index >= 15 is 0 Å². The molecule has 1 aliphatic rings. The summed E-state index contributed by atoms with van der Waals surface area (Å²) in [6.07, 6.45) is -1.33. The van der Waals surface area contributed by atoms with E-state index in [0.29, 0.717) is 24.1 Å². The summed E-state index contributed by atoms with van der Waals surface area (Å²) in [4.78, 5) is 51.6. The maximum absolute atomic E-state index is 14.0. The number of benzene rings is 2. The van der Waals surface area contributed by atoms with Gasteiger partial charge in [0.15, 0.2) is 23.1 Å². The summed E-state index contributed by atoms with van der Waals surface area (Å²) in [7, 11) is 0. The van der Waals surface area contributed by atoms with Gasteiger partial charge in [-0.1, -0.05) is 39.8 Å². The van der Waals surface area contributed by atoms with Crippen molar-refractivity contribution in [2.75, 3.05) is 12.3 Å². The lowest BCUT2D eigenvalue weighted by molar-refractivity contribution is -0.144. The highest BCUT2D eigenvalue weighted by Gasteiger charge is 2.35. The monoisotopic (exact) mass is 652 g/mol.